The maximum absolute atomic E-state index is 11.3. The molecule has 0 fully saturated rings. The van der Waals surface area contributed by atoms with Crippen molar-refractivity contribution in [2.75, 3.05) is 6.61 Å². The van der Waals surface area contributed by atoms with Gasteiger partial charge in [-0.05, 0) is 31.0 Å². The van der Waals surface area contributed by atoms with Crippen molar-refractivity contribution < 1.29 is 9.53 Å². The number of nitrogens with one attached hydrogen (secondary N) is 2. The lowest BCUT2D eigenvalue weighted by Gasteiger charge is -2.12. The van der Waals surface area contributed by atoms with E-state index >= 15 is 0 Å². The van der Waals surface area contributed by atoms with Crippen LogP contribution in [0.3, 0.4) is 0 Å². The monoisotopic (exact) mass is 291 g/mol. The van der Waals surface area contributed by atoms with E-state index in [1.165, 1.54) is 0 Å². The minimum atomic E-state index is -0.709. The van der Waals surface area contributed by atoms with Crippen molar-refractivity contribution in [3.8, 4) is 0 Å². The largest absolute Gasteiger partial charge is 0.466 e. The van der Waals surface area contributed by atoms with E-state index < -0.39 is 11.1 Å². The zero-order chi connectivity index (χ0) is 15.4. The Kier molecular flexibility index (Phi) is 4.54. The number of benzene rings is 1. The molecule has 1 aromatic heterocycles. The van der Waals surface area contributed by atoms with Gasteiger partial charge in [0.1, 0.15) is 0 Å². The number of carbonyl (C=O) groups is 1. The molecule has 0 radical (unpaired) electrons. The number of ether oxygens (including phenoxy) is 1. The SMILES string of the molecule is CCOC(=O)CCC(N)c1ccc2[nH]c(=O)c(=O)[nH]c2c1. The third kappa shape index (κ3) is 3.57. The summed E-state index contributed by atoms with van der Waals surface area (Å²) in [4.78, 5) is 38.8. The average molecular weight is 291 g/mol. The lowest BCUT2D eigenvalue weighted by Crippen LogP contribution is -2.29. The quantitative estimate of drug-likeness (QED) is 0.549. The highest BCUT2D eigenvalue weighted by Gasteiger charge is 2.11. The normalized spacial score (nSPS) is 12.3. The number of fused-ring (bicyclic) bond motifs is 1. The number of carbonyl (C=O) groups excluding carboxylic acids is 1. The molecule has 0 aliphatic carbocycles. The van der Waals surface area contributed by atoms with Crippen LogP contribution in [0.1, 0.15) is 31.4 Å². The zero-order valence-electron chi connectivity index (χ0n) is 11.6. The lowest BCUT2D eigenvalue weighted by molar-refractivity contribution is -0.143. The number of hydrogen-bond acceptors (Lipinski definition) is 5. The first-order valence-corrected chi connectivity index (χ1v) is 6.68. The summed E-state index contributed by atoms with van der Waals surface area (Å²) in [6.07, 6.45) is 0.674. The van der Waals surface area contributed by atoms with Gasteiger partial charge in [0.25, 0.3) is 0 Å². The second-order valence-electron chi connectivity index (χ2n) is 4.66. The van der Waals surface area contributed by atoms with Crippen LogP contribution in [0.4, 0.5) is 0 Å². The molecule has 4 N–H and O–H groups in total. The van der Waals surface area contributed by atoms with Gasteiger partial charge in [0, 0.05) is 12.5 Å². The van der Waals surface area contributed by atoms with Crippen LogP contribution < -0.4 is 16.9 Å². The summed E-state index contributed by atoms with van der Waals surface area (Å²) in [5.74, 6) is -0.286. The van der Waals surface area contributed by atoms with Crippen LogP contribution in [0.15, 0.2) is 27.8 Å². The first-order valence-electron chi connectivity index (χ1n) is 6.68. The fourth-order valence-corrected chi connectivity index (χ4v) is 2.04. The van der Waals surface area contributed by atoms with E-state index in [0.29, 0.717) is 24.1 Å². The molecule has 21 heavy (non-hydrogen) atoms. The maximum atomic E-state index is 11.3. The molecular weight excluding hydrogens is 274 g/mol. The Morgan fingerprint density at radius 1 is 1.24 bits per heavy atom. The fourth-order valence-electron chi connectivity index (χ4n) is 2.04. The van der Waals surface area contributed by atoms with Gasteiger partial charge in [0.05, 0.1) is 17.6 Å². The molecule has 2 rings (SSSR count). The minimum absolute atomic E-state index is 0.231. The number of aromatic amines is 2. The van der Waals surface area contributed by atoms with Gasteiger partial charge in [-0.3, -0.25) is 14.4 Å². The van der Waals surface area contributed by atoms with Crippen LogP contribution in [-0.4, -0.2) is 22.5 Å². The molecule has 7 nitrogen and oxygen atoms in total. The summed E-state index contributed by atoms with van der Waals surface area (Å²) in [5.41, 5.74) is 6.43. The van der Waals surface area contributed by atoms with Gasteiger partial charge in [-0.25, -0.2) is 0 Å². The average Bonchev–Trinajstić information content (AvgIpc) is 2.46. The van der Waals surface area contributed by atoms with Crippen LogP contribution in [-0.2, 0) is 9.53 Å². The van der Waals surface area contributed by atoms with Crippen molar-refractivity contribution in [1.82, 2.24) is 9.97 Å². The van der Waals surface area contributed by atoms with E-state index in [1.807, 2.05) is 0 Å². The summed E-state index contributed by atoms with van der Waals surface area (Å²) in [5, 5.41) is 0. The molecule has 0 saturated carbocycles. The fraction of sp³-hybridized carbons (Fsp3) is 0.357. The lowest BCUT2D eigenvalue weighted by atomic mass is 10.0. The first kappa shape index (κ1) is 15.0. The second-order valence-corrected chi connectivity index (χ2v) is 4.66. The van der Waals surface area contributed by atoms with E-state index in [-0.39, 0.29) is 18.4 Å². The Morgan fingerprint density at radius 2 is 1.90 bits per heavy atom. The van der Waals surface area contributed by atoms with Gasteiger partial charge in [0.15, 0.2) is 0 Å². The number of hydrogen-bond donors (Lipinski definition) is 3. The highest BCUT2D eigenvalue weighted by Crippen LogP contribution is 2.19. The highest BCUT2D eigenvalue weighted by atomic mass is 16.5. The van der Waals surface area contributed by atoms with Crippen molar-refractivity contribution in [2.24, 2.45) is 5.73 Å². The summed E-state index contributed by atoms with van der Waals surface area (Å²) >= 11 is 0. The molecule has 1 aromatic carbocycles. The molecule has 0 aliphatic heterocycles. The summed E-state index contributed by atoms with van der Waals surface area (Å²) in [6.45, 7) is 2.09. The Balaban J connectivity index is 2.18. The van der Waals surface area contributed by atoms with Crippen molar-refractivity contribution >= 4 is 17.0 Å². The molecule has 0 bridgehead atoms. The molecule has 0 spiro atoms. The van der Waals surface area contributed by atoms with Gasteiger partial charge in [-0.1, -0.05) is 6.07 Å². The summed E-state index contributed by atoms with van der Waals surface area (Å²) in [7, 11) is 0. The topological polar surface area (TPSA) is 118 Å². The van der Waals surface area contributed by atoms with Crippen molar-refractivity contribution in [3.05, 3.63) is 44.5 Å². The van der Waals surface area contributed by atoms with Gasteiger partial charge in [0.2, 0.25) is 0 Å². The van der Waals surface area contributed by atoms with Crippen LogP contribution in [0.5, 0.6) is 0 Å². The molecule has 2 aromatic rings. The van der Waals surface area contributed by atoms with Gasteiger partial charge >= 0.3 is 17.1 Å². The van der Waals surface area contributed by atoms with Crippen LogP contribution >= 0.6 is 0 Å². The summed E-state index contributed by atoms with van der Waals surface area (Å²) < 4.78 is 4.85. The molecule has 0 saturated heterocycles. The van der Waals surface area contributed by atoms with Crippen LogP contribution in [0, 0.1) is 0 Å². The predicted molar refractivity (Wildman–Crippen MR) is 78.0 cm³/mol. The molecule has 1 unspecified atom stereocenters. The summed E-state index contributed by atoms with van der Waals surface area (Å²) in [6, 6.07) is 4.77. The Bertz CT molecular complexity index is 763. The Hall–Kier alpha value is -2.41. The number of rotatable bonds is 5. The third-order valence-corrected chi connectivity index (χ3v) is 3.14. The van der Waals surface area contributed by atoms with E-state index in [0.717, 1.165) is 5.56 Å². The third-order valence-electron chi connectivity index (χ3n) is 3.14. The van der Waals surface area contributed by atoms with Crippen LogP contribution in [0.2, 0.25) is 0 Å². The van der Waals surface area contributed by atoms with Gasteiger partial charge < -0.3 is 20.4 Å². The molecule has 7 heteroatoms. The standard InChI is InChI=1S/C14H17N3O4/c1-2-21-12(18)6-4-9(15)8-3-5-10-11(7-8)17-14(20)13(19)16-10/h3,5,7,9H,2,4,6,15H2,1H3,(H,16,19)(H,17,20). The van der Waals surface area contributed by atoms with E-state index in [4.69, 9.17) is 10.5 Å². The number of H-pyrrole nitrogens is 2. The number of esters is 1. The van der Waals surface area contributed by atoms with Gasteiger partial charge in [-0.2, -0.15) is 0 Å². The predicted octanol–water partition coefficient (Wildman–Crippen LogP) is 0.560. The Labute approximate surface area is 120 Å². The number of nitrogens with two attached hydrogens (primary N) is 1. The second kappa shape index (κ2) is 6.36. The zero-order valence-corrected chi connectivity index (χ0v) is 11.6. The number of aromatic nitrogens is 2. The maximum Gasteiger partial charge on any atom is 0.314 e. The Morgan fingerprint density at radius 3 is 2.57 bits per heavy atom. The molecule has 1 atom stereocenters. The minimum Gasteiger partial charge on any atom is -0.466 e. The van der Waals surface area contributed by atoms with E-state index in [9.17, 15) is 14.4 Å². The van der Waals surface area contributed by atoms with E-state index in [2.05, 4.69) is 9.97 Å². The van der Waals surface area contributed by atoms with Crippen LogP contribution in [0.25, 0.3) is 11.0 Å². The van der Waals surface area contributed by atoms with Crippen molar-refractivity contribution in [3.63, 3.8) is 0 Å². The highest BCUT2D eigenvalue weighted by molar-refractivity contribution is 5.74. The van der Waals surface area contributed by atoms with Crippen molar-refractivity contribution in [2.45, 2.75) is 25.8 Å². The molecule has 1 heterocycles. The molecular formula is C14H17N3O4. The van der Waals surface area contributed by atoms with Crippen molar-refractivity contribution in [1.29, 1.82) is 0 Å². The molecule has 0 aliphatic rings. The first-order chi connectivity index (χ1) is 10.0. The smallest absolute Gasteiger partial charge is 0.314 e. The molecule has 0 amide bonds. The van der Waals surface area contributed by atoms with Gasteiger partial charge in [-0.15, -0.1) is 0 Å². The molecule has 112 valence electrons. The van der Waals surface area contributed by atoms with E-state index in [1.54, 1.807) is 25.1 Å².